The Kier molecular flexibility index (Phi) is 5.10. The molecule has 0 radical (unpaired) electrons. The predicted molar refractivity (Wildman–Crippen MR) is 89.6 cm³/mol. The summed E-state index contributed by atoms with van der Waals surface area (Å²) in [7, 11) is 0. The van der Waals surface area contributed by atoms with Gasteiger partial charge in [-0.05, 0) is 49.9 Å². The molecule has 7 heteroatoms. The summed E-state index contributed by atoms with van der Waals surface area (Å²) in [4.78, 5) is 26.8. The van der Waals surface area contributed by atoms with E-state index in [2.05, 4.69) is 10.3 Å². The van der Waals surface area contributed by atoms with Crippen molar-refractivity contribution < 1.29 is 19.4 Å². The zero-order valence-electron chi connectivity index (χ0n) is 13.0. The van der Waals surface area contributed by atoms with Crippen LogP contribution in [0.3, 0.4) is 0 Å². The third-order valence-electron chi connectivity index (χ3n) is 3.89. The maximum Gasteiger partial charge on any atom is 0.355 e. The average molecular weight is 346 g/mol. The van der Waals surface area contributed by atoms with Crippen LogP contribution in [0, 0.1) is 0 Å². The summed E-state index contributed by atoms with van der Waals surface area (Å²) in [6.45, 7) is 0.205. The normalized spacial score (nSPS) is 14.5. The molecule has 1 aromatic carbocycles. The first kappa shape index (κ1) is 16.4. The highest BCUT2D eigenvalue weighted by Crippen LogP contribution is 2.24. The standard InChI is InChI=1S/C17H18N2O4S/c20-16(18-9-15-19-14(10-24-15)17(21)22)11-5-7-13(8-6-11)23-12-3-1-2-4-12/h5-8,10,12H,1-4,9H2,(H,18,20)(H,21,22). The van der Waals surface area contributed by atoms with Crippen molar-refractivity contribution >= 4 is 23.2 Å². The molecule has 1 aliphatic carbocycles. The SMILES string of the molecule is O=C(NCc1nc(C(=O)O)cs1)c1ccc(OC2CCCC2)cc1. The van der Waals surface area contributed by atoms with Gasteiger partial charge in [0.25, 0.3) is 5.91 Å². The minimum Gasteiger partial charge on any atom is -0.490 e. The van der Waals surface area contributed by atoms with Crippen LogP contribution in [0.2, 0.25) is 0 Å². The number of carbonyl (C=O) groups is 2. The van der Waals surface area contributed by atoms with Crippen LogP contribution in [0.1, 0.15) is 51.5 Å². The summed E-state index contributed by atoms with van der Waals surface area (Å²) in [5, 5.41) is 13.6. The van der Waals surface area contributed by atoms with Gasteiger partial charge < -0.3 is 15.2 Å². The lowest BCUT2D eigenvalue weighted by atomic mass is 10.2. The van der Waals surface area contributed by atoms with Gasteiger partial charge in [-0.1, -0.05) is 0 Å². The number of rotatable bonds is 6. The maximum atomic E-state index is 12.1. The van der Waals surface area contributed by atoms with E-state index in [1.807, 2.05) is 0 Å². The van der Waals surface area contributed by atoms with E-state index >= 15 is 0 Å². The molecular formula is C17H18N2O4S. The van der Waals surface area contributed by atoms with E-state index in [1.165, 1.54) is 29.6 Å². The molecule has 24 heavy (non-hydrogen) atoms. The topological polar surface area (TPSA) is 88.5 Å². The number of carboxylic acid groups (broad SMARTS) is 1. The Labute approximate surface area is 143 Å². The van der Waals surface area contributed by atoms with Crippen molar-refractivity contribution in [3.8, 4) is 5.75 Å². The summed E-state index contributed by atoms with van der Waals surface area (Å²) in [5.41, 5.74) is 0.529. The summed E-state index contributed by atoms with van der Waals surface area (Å²) in [5.74, 6) is -0.513. The van der Waals surface area contributed by atoms with E-state index < -0.39 is 5.97 Å². The van der Waals surface area contributed by atoms with E-state index in [0.29, 0.717) is 10.6 Å². The molecular weight excluding hydrogens is 328 g/mol. The number of hydrogen-bond donors (Lipinski definition) is 2. The number of thiazole rings is 1. The van der Waals surface area contributed by atoms with E-state index in [9.17, 15) is 9.59 Å². The van der Waals surface area contributed by atoms with Gasteiger partial charge >= 0.3 is 5.97 Å². The van der Waals surface area contributed by atoms with Crippen molar-refractivity contribution in [1.29, 1.82) is 0 Å². The first-order chi connectivity index (χ1) is 11.6. The largest absolute Gasteiger partial charge is 0.490 e. The number of aromatic nitrogens is 1. The second-order valence-corrected chi connectivity index (χ2v) is 6.61. The minimum absolute atomic E-state index is 0.00216. The summed E-state index contributed by atoms with van der Waals surface area (Å²) >= 11 is 1.21. The highest BCUT2D eigenvalue weighted by Gasteiger charge is 2.16. The van der Waals surface area contributed by atoms with E-state index in [1.54, 1.807) is 24.3 Å². The van der Waals surface area contributed by atoms with Crippen LogP contribution >= 0.6 is 11.3 Å². The Balaban J connectivity index is 1.53. The van der Waals surface area contributed by atoms with Crippen LogP contribution in [0.5, 0.6) is 5.75 Å². The molecule has 6 nitrogen and oxygen atoms in total. The Morgan fingerprint density at radius 1 is 1.25 bits per heavy atom. The van der Waals surface area contributed by atoms with Gasteiger partial charge in [-0.3, -0.25) is 4.79 Å². The number of ether oxygens (including phenoxy) is 1. The molecule has 1 aromatic heterocycles. The average Bonchev–Trinajstić information content (AvgIpc) is 3.25. The van der Waals surface area contributed by atoms with Gasteiger partial charge in [0.15, 0.2) is 5.69 Å². The molecule has 0 aliphatic heterocycles. The summed E-state index contributed by atoms with van der Waals surface area (Å²) in [6, 6.07) is 7.06. The van der Waals surface area contributed by atoms with E-state index in [-0.39, 0.29) is 24.2 Å². The van der Waals surface area contributed by atoms with Crippen LogP contribution in [-0.4, -0.2) is 28.1 Å². The summed E-state index contributed by atoms with van der Waals surface area (Å²) in [6.07, 6.45) is 4.90. The van der Waals surface area contributed by atoms with Gasteiger partial charge in [0.1, 0.15) is 10.8 Å². The van der Waals surface area contributed by atoms with Crippen molar-refractivity contribution in [2.75, 3.05) is 0 Å². The quantitative estimate of drug-likeness (QED) is 0.839. The Hall–Kier alpha value is -2.41. The second kappa shape index (κ2) is 7.44. The van der Waals surface area contributed by atoms with Gasteiger partial charge in [-0.15, -0.1) is 11.3 Å². The molecule has 126 valence electrons. The third-order valence-corrected chi connectivity index (χ3v) is 4.74. The molecule has 0 atom stereocenters. The zero-order chi connectivity index (χ0) is 16.9. The molecule has 0 saturated heterocycles. The first-order valence-corrected chi connectivity index (χ1v) is 8.72. The number of nitrogens with one attached hydrogen (secondary N) is 1. The fraction of sp³-hybridized carbons (Fsp3) is 0.353. The lowest BCUT2D eigenvalue weighted by molar-refractivity contribution is 0.0691. The first-order valence-electron chi connectivity index (χ1n) is 7.84. The molecule has 0 bridgehead atoms. The Morgan fingerprint density at radius 2 is 1.96 bits per heavy atom. The smallest absolute Gasteiger partial charge is 0.355 e. The number of aromatic carboxylic acids is 1. The zero-order valence-corrected chi connectivity index (χ0v) is 13.8. The highest BCUT2D eigenvalue weighted by molar-refractivity contribution is 7.09. The highest BCUT2D eigenvalue weighted by atomic mass is 32.1. The number of carbonyl (C=O) groups excluding carboxylic acids is 1. The Morgan fingerprint density at radius 3 is 2.58 bits per heavy atom. The number of carboxylic acids is 1. The fourth-order valence-corrected chi connectivity index (χ4v) is 3.34. The van der Waals surface area contributed by atoms with Gasteiger partial charge in [0.05, 0.1) is 12.6 Å². The molecule has 1 amide bonds. The molecule has 1 heterocycles. The van der Waals surface area contributed by atoms with Gasteiger partial charge in [0, 0.05) is 10.9 Å². The molecule has 2 aromatic rings. The number of benzene rings is 1. The lowest BCUT2D eigenvalue weighted by Crippen LogP contribution is -2.22. The number of amides is 1. The van der Waals surface area contributed by atoms with Crippen LogP contribution in [0.15, 0.2) is 29.6 Å². The van der Waals surface area contributed by atoms with Crippen LogP contribution in [0.4, 0.5) is 0 Å². The molecule has 0 spiro atoms. The fourth-order valence-electron chi connectivity index (χ4n) is 2.63. The molecule has 3 rings (SSSR count). The van der Waals surface area contributed by atoms with Crippen LogP contribution in [-0.2, 0) is 6.54 Å². The van der Waals surface area contributed by atoms with Crippen molar-refractivity contribution in [2.24, 2.45) is 0 Å². The number of nitrogens with zero attached hydrogens (tertiary/aromatic N) is 1. The summed E-state index contributed by atoms with van der Waals surface area (Å²) < 4.78 is 5.87. The van der Waals surface area contributed by atoms with Gasteiger partial charge in [-0.2, -0.15) is 0 Å². The molecule has 1 fully saturated rings. The van der Waals surface area contributed by atoms with Crippen molar-refractivity contribution in [3.63, 3.8) is 0 Å². The molecule has 2 N–H and O–H groups in total. The molecule has 1 saturated carbocycles. The monoisotopic (exact) mass is 346 g/mol. The van der Waals surface area contributed by atoms with Crippen LogP contribution < -0.4 is 10.1 Å². The van der Waals surface area contributed by atoms with E-state index in [4.69, 9.17) is 9.84 Å². The number of hydrogen-bond acceptors (Lipinski definition) is 5. The predicted octanol–water partition coefficient (Wildman–Crippen LogP) is 3.09. The van der Waals surface area contributed by atoms with Gasteiger partial charge in [-0.25, -0.2) is 9.78 Å². The van der Waals surface area contributed by atoms with Crippen molar-refractivity contribution in [1.82, 2.24) is 10.3 Å². The van der Waals surface area contributed by atoms with Crippen molar-refractivity contribution in [2.45, 2.75) is 38.3 Å². The van der Waals surface area contributed by atoms with E-state index in [0.717, 1.165) is 18.6 Å². The van der Waals surface area contributed by atoms with Crippen molar-refractivity contribution in [3.05, 3.63) is 45.9 Å². The lowest BCUT2D eigenvalue weighted by Gasteiger charge is -2.13. The third kappa shape index (κ3) is 4.11. The van der Waals surface area contributed by atoms with Gasteiger partial charge in [0.2, 0.25) is 0 Å². The minimum atomic E-state index is -1.07. The Bertz CT molecular complexity index is 720. The molecule has 0 unspecified atom stereocenters. The second-order valence-electron chi connectivity index (χ2n) is 5.66. The maximum absolute atomic E-state index is 12.1. The molecule has 1 aliphatic rings. The van der Waals surface area contributed by atoms with Crippen LogP contribution in [0.25, 0.3) is 0 Å².